The first-order valence-corrected chi connectivity index (χ1v) is 12.2. The molecule has 3 aromatic rings. The van der Waals surface area contributed by atoms with Crippen LogP contribution in [0, 0.1) is 0 Å². The molecule has 34 heavy (non-hydrogen) atoms. The summed E-state index contributed by atoms with van der Waals surface area (Å²) in [5.74, 6) is 0.106. The van der Waals surface area contributed by atoms with Crippen LogP contribution in [0.5, 0.6) is 0 Å². The van der Waals surface area contributed by atoms with E-state index in [-0.39, 0.29) is 11.9 Å². The van der Waals surface area contributed by atoms with E-state index in [0.717, 1.165) is 46.9 Å². The summed E-state index contributed by atoms with van der Waals surface area (Å²) in [7, 11) is 0. The van der Waals surface area contributed by atoms with Gasteiger partial charge in [-0.1, -0.05) is 23.7 Å². The highest BCUT2D eigenvalue weighted by Crippen LogP contribution is 2.37. The molecule has 1 unspecified atom stereocenters. The SMILES string of the molecule is CC(C)(C(=O)N1CCN(C2c3ccc(Cl)cc3CCc3cccnc32)CC1)c1cc[n+](O)cc1. The lowest BCUT2D eigenvalue weighted by atomic mass is 9.83. The highest BCUT2D eigenvalue weighted by molar-refractivity contribution is 6.30. The third-order valence-electron chi connectivity index (χ3n) is 7.29. The van der Waals surface area contributed by atoms with E-state index in [1.54, 1.807) is 24.5 Å². The fourth-order valence-corrected chi connectivity index (χ4v) is 5.48. The number of hydrogen-bond acceptors (Lipinski definition) is 4. The first-order valence-electron chi connectivity index (χ1n) is 11.8. The number of nitrogens with zero attached hydrogens (tertiary/aromatic N) is 4. The number of hydrogen-bond donors (Lipinski definition) is 1. The lowest BCUT2D eigenvalue weighted by Crippen LogP contribution is -2.54. The summed E-state index contributed by atoms with van der Waals surface area (Å²) in [6.45, 7) is 6.77. The Bertz CT molecular complexity index is 1200. The molecule has 6 nitrogen and oxygen atoms in total. The van der Waals surface area contributed by atoms with Crippen LogP contribution < -0.4 is 4.73 Å². The Kier molecular flexibility index (Phi) is 6.04. The predicted molar refractivity (Wildman–Crippen MR) is 130 cm³/mol. The van der Waals surface area contributed by atoms with Crippen molar-refractivity contribution >= 4 is 17.5 Å². The van der Waals surface area contributed by atoms with Crippen LogP contribution in [0.1, 0.15) is 47.8 Å². The summed E-state index contributed by atoms with van der Waals surface area (Å²) < 4.78 is 0.993. The molecule has 0 spiro atoms. The molecule has 176 valence electrons. The minimum atomic E-state index is -0.670. The van der Waals surface area contributed by atoms with Gasteiger partial charge in [-0.15, -0.1) is 0 Å². The zero-order valence-electron chi connectivity index (χ0n) is 19.6. The average Bonchev–Trinajstić information content (AvgIpc) is 3.00. The zero-order chi connectivity index (χ0) is 23.9. The van der Waals surface area contributed by atoms with Gasteiger partial charge in [0.15, 0.2) is 0 Å². The van der Waals surface area contributed by atoms with Gasteiger partial charge in [0, 0.05) is 54.3 Å². The van der Waals surface area contributed by atoms with Crippen LogP contribution in [-0.2, 0) is 23.1 Å². The number of piperazine rings is 1. The zero-order valence-corrected chi connectivity index (χ0v) is 20.4. The molecule has 1 fully saturated rings. The average molecular weight is 478 g/mol. The Hall–Kier alpha value is -2.96. The van der Waals surface area contributed by atoms with E-state index < -0.39 is 5.41 Å². The smallest absolute Gasteiger partial charge is 0.232 e. The van der Waals surface area contributed by atoms with Crippen molar-refractivity contribution in [2.45, 2.75) is 38.1 Å². The summed E-state index contributed by atoms with van der Waals surface area (Å²) in [5, 5.41) is 10.3. The summed E-state index contributed by atoms with van der Waals surface area (Å²) in [4.78, 5) is 22.7. The van der Waals surface area contributed by atoms with Crippen LogP contribution in [0.3, 0.4) is 0 Å². The lowest BCUT2D eigenvalue weighted by molar-refractivity contribution is -0.904. The fraction of sp³-hybridized carbons (Fsp3) is 0.370. The summed E-state index contributed by atoms with van der Waals surface area (Å²) >= 11 is 6.34. The quantitative estimate of drug-likeness (QED) is 0.463. The number of amides is 1. The molecule has 1 N–H and O–H groups in total. The Labute approximate surface area is 205 Å². The second-order valence-electron chi connectivity index (χ2n) is 9.71. The number of halogens is 1. The van der Waals surface area contributed by atoms with Crippen LogP contribution in [0.2, 0.25) is 5.02 Å². The first kappa shape index (κ1) is 22.8. The van der Waals surface area contributed by atoms with Gasteiger partial charge in [0.2, 0.25) is 18.3 Å². The molecule has 1 aliphatic heterocycles. The van der Waals surface area contributed by atoms with Gasteiger partial charge < -0.3 is 4.90 Å². The van der Waals surface area contributed by atoms with E-state index in [0.29, 0.717) is 13.1 Å². The van der Waals surface area contributed by atoms with Gasteiger partial charge in [-0.3, -0.25) is 19.9 Å². The molecule has 0 bridgehead atoms. The largest absolute Gasteiger partial charge is 0.339 e. The van der Waals surface area contributed by atoms with Crippen LogP contribution in [-0.4, -0.2) is 52.1 Å². The Morgan fingerprint density at radius 2 is 1.76 bits per heavy atom. The first-order chi connectivity index (χ1) is 16.3. The van der Waals surface area contributed by atoms with Crippen molar-refractivity contribution in [3.63, 3.8) is 0 Å². The van der Waals surface area contributed by atoms with Gasteiger partial charge in [0.05, 0.1) is 17.2 Å². The third-order valence-corrected chi connectivity index (χ3v) is 7.52. The molecule has 2 aromatic heterocycles. The van der Waals surface area contributed by atoms with E-state index >= 15 is 0 Å². The molecule has 0 saturated carbocycles. The summed E-state index contributed by atoms with van der Waals surface area (Å²) in [6, 6.07) is 14.1. The van der Waals surface area contributed by atoms with E-state index in [9.17, 15) is 10.0 Å². The monoisotopic (exact) mass is 477 g/mol. The van der Waals surface area contributed by atoms with Gasteiger partial charge in [-0.2, -0.15) is 0 Å². The van der Waals surface area contributed by atoms with Crippen molar-refractivity contribution in [2.75, 3.05) is 26.2 Å². The third kappa shape index (κ3) is 4.17. The van der Waals surface area contributed by atoms with Crippen LogP contribution in [0.15, 0.2) is 61.1 Å². The van der Waals surface area contributed by atoms with Crippen molar-refractivity contribution in [3.8, 4) is 0 Å². The minimum absolute atomic E-state index is 0.0605. The van der Waals surface area contributed by atoms with Gasteiger partial charge in [0.25, 0.3) is 0 Å². The molecule has 2 aliphatic rings. The van der Waals surface area contributed by atoms with Crippen molar-refractivity contribution in [3.05, 3.63) is 94.0 Å². The van der Waals surface area contributed by atoms with Crippen molar-refractivity contribution in [1.82, 2.24) is 14.8 Å². The standard InChI is InChI=1S/C27H30ClN4O2/c1-27(2,21-9-12-32(34)13-10-21)26(33)31-16-14-30(15-17-31)25-23-8-7-22(28)18-20(23)6-5-19-4-3-11-29-24(19)25/h3-4,7-13,18,25,34H,5-6,14-17H2,1-2H3/q+1. The number of aryl methyl sites for hydroxylation is 2. The van der Waals surface area contributed by atoms with Crippen molar-refractivity contribution in [2.24, 2.45) is 0 Å². The Balaban J connectivity index is 1.39. The van der Waals surface area contributed by atoms with Crippen molar-refractivity contribution < 1.29 is 14.7 Å². The van der Waals surface area contributed by atoms with Gasteiger partial charge in [0.1, 0.15) is 0 Å². The topological polar surface area (TPSA) is 60.6 Å². The second-order valence-corrected chi connectivity index (χ2v) is 10.1. The van der Waals surface area contributed by atoms with Gasteiger partial charge >= 0.3 is 0 Å². The molecular formula is C27H30ClN4O2+. The molecule has 7 heteroatoms. The Morgan fingerprint density at radius 1 is 1.06 bits per heavy atom. The molecule has 1 aromatic carbocycles. The summed E-state index contributed by atoms with van der Waals surface area (Å²) in [6.07, 6.45) is 6.89. The van der Waals surface area contributed by atoms with Crippen LogP contribution in [0.25, 0.3) is 0 Å². The van der Waals surface area contributed by atoms with E-state index in [4.69, 9.17) is 16.6 Å². The number of pyridine rings is 2. The molecule has 1 atom stereocenters. The Morgan fingerprint density at radius 3 is 2.50 bits per heavy atom. The molecule has 0 radical (unpaired) electrons. The normalized spacial score (nSPS) is 18.7. The number of fused-ring (bicyclic) bond motifs is 2. The maximum atomic E-state index is 13.5. The minimum Gasteiger partial charge on any atom is -0.339 e. The maximum Gasteiger partial charge on any atom is 0.232 e. The number of benzene rings is 1. The highest BCUT2D eigenvalue weighted by atomic mass is 35.5. The molecule has 1 aliphatic carbocycles. The highest BCUT2D eigenvalue weighted by Gasteiger charge is 2.38. The molecule has 1 saturated heterocycles. The fourth-order valence-electron chi connectivity index (χ4n) is 5.29. The molecule has 3 heterocycles. The lowest BCUT2D eigenvalue weighted by Gasteiger charge is -2.42. The summed E-state index contributed by atoms with van der Waals surface area (Å²) in [5.41, 5.74) is 5.16. The van der Waals surface area contributed by atoms with Crippen LogP contribution in [0.4, 0.5) is 0 Å². The van der Waals surface area contributed by atoms with E-state index in [1.807, 2.05) is 37.1 Å². The molecular weight excluding hydrogens is 448 g/mol. The van der Waals surface area contributed by atoms with Crippen LogP contribution >= 0.6 is 11.6 Å². The van der Waals surface area contributed by atoms with Gasteiger partial charge in [-0.25, -0.2) is 0 Å². The predicted octanol–water partition coefficient (Wildman–Crippen LogP) is 3.57. The molecule has 1 amide bonds. The second kappa shape index (κ2) is 9.01. The number of rotatable bonds is 3. The van der Waals surface area contributed by atoms with Gasteiger partial charge in [-0.05, 0) is 67.1 Å². The molecule has 5 rings (SSSR count). The number of aromatic nitrogens is 2. The number of carbonyl (C=O) groups excluding carboxylic acids is 1. The van der Waals surface area contributed by atoms with E-state index in [1.165, 1.54) is 16.7 Å². The van der Waals surface area contributed by atoms with Crippen molar-refractivity contribution in [1.29, 1.82) is 0 Å². The maximum absolute atomic E-state index is 13.5. The number of carbonyl (C=O) groups is 1. The van der Waals surface area contributed by atoms with E-state index in [2.05, 4.69) is 23.1 Å².